The van der Waals surface area contributed by atoms with Gasteiger partial charge in [-0.05, 0) is 0 Å². The molecule has 56 valence electrons. The largest absolute Gasteiger partial charge is 2.00 e. The van der Waals surface area contributed by atoms with Crippen molar-refractivity contribution in [2.24, 2.45) is 0 Å². The zero-order valence-corrected chi connectivity index (χ0v) is 11.2. The zero-order chi connectivity index (χ0) is 7.86. The normalized spacial score (nSPS) is 7.30. The molecule has 0 saturated heterocycles. The van der Waals surface area contributed by atoms with Crippen LogP contribution in [-0.2, 0) is 24.3 Å². The van der Waals surface area contributed by atoms with Crippen LogP contribution >= 0.6 is 15.9 Å². The minimum Gasteiger partial charge on any atom is -0.549 e. The fraction of sp³-hybridized carbons (Fsp3) is 0.667. The van der Waals surface area contributed by atoms with Crippen molar-refractivity contribution in [3.05, 3.63) is 5.92 Å². The van der Waals surface area contributed by atoms with E-state index < -0.39 is 5.97 Å². The van der Waals surface area contributed by atoms with Crippen molar-refractivity contribution < 1.29 is 29.4 Å². The summed E-state index contributed by atoms with van der Waals surface area (Å²) in [5.41, 5.74) is 0. The molecule has 0 aromatic carbocycles. The van der Waals surface area contributed by atoms with Crippen LogP contribution in [0.15, 0.2) is 0 Å². The molecule has 0 rings (SSSR count). The predicted molar refractivity (Wildman–Crippen MR) is 39.1 cm³/mol. The SMILES string of the molecule is C[C-](C)C.O=C([O-])CBr.[Zn+2]. The first kappa shape index (κ1) is 16.9. The minimum atomic E-state index is -1.08. The van der Waals surface area contributed by atoms with Crippen LogP contribution in [0.2, 0.25) is 0 Å². The molecule has 2 nitrogen and oxygen atoms in total. The van der Waals surface area contributed by atoms with Crippen LogP contribution in [0.1, 0.15) is 20.8 Å². The van der Waals surface area contributed by atoms with Crippen molar-refractivity contribution in [3.8, 4) is 0 Å². The molecule has 0 aliphatic carbocycles. The molecule has 0 aromatic heterocycles. The second-order valence-electron chi connectivity index (χ2n) is 2.01. The molecule has 10 heavy (non-hydrogen) atoms. The number of carbonyl (C=O) groups excluding carboxylic acids is 1. The number of rotatable bonds is 1. The van der Waals surface area contributed by atoms with Gasteiger partial charge in [-0.1, -0.05) is 15.9 Å². The Morgan fingerprint density at radius 2 is 1.60 bits per heavy atom. The van der Waals surface area contributed by atoms with Crippen molar-refractivity contribution >= 4 is 21.9 Å². The number of aliphatic carboxylic acids is 1. The van der Waals surface area contributed by atoms with Crippen molar-refractivity contribution in [1.29, 1.82) is 0 Å². The molecular formula is C6H11BrO2Zn. The summed E-state index contributed by atoms with van der Waals surface area (Å²) in [4.78, 5) is 9.21. The van der Waals surface area contributed by atoms with E-state index in [0.29, 0.717) is 0 Å². The second-order valence-corrected chi connectivity index (χ2v) is 2.57. The third-order valence-corrected chi connectivity index (χ3v) is 0.567. The van der Waals surface area contributed by atoms with Gasteiger partial charge in [-0.15, -0.1) is 0 Å². The van der Waals surface area contributed by atoms with Crippen LogP contribution in [0.3, 0.4) is 0 Å². The van der Waals surface area contributed by atoms with E-state index >= 15 is 0 Å². The number of alkyl halides is 1. The van der Waals surface area contributed by atoms with Crippen LogP contribution < -0.4 is 5.11 Å². The van der Waals surface area contributed by atoms with Crippen LogP contribution in [0, 0.1) is 5.92 Å². The molecule has 0 aliphatic rings. The van der Waals surface area contributed by atoms with Crippen LogP contribution in [0.25, 0.3) is 0 Å². The van der Waals surface area contributed by atoms with Gasteiger partial charge in [-0.25, -0.2) is 0 Å². The Hall–Kier alpha value is 0.573. The first-order valence-corrected chi connectivity index (χ1v) is 3.65. The molecular weight excluding hydrogens is 249 g/mol. The fourth-order valence-electron chi connectivity index (χ4n) is 0. The summed E-state index contributed by atoms with van der Waals surface area (Å²) in [7, 11) is 0. The average Bonchev–Trinajstić information content (AvgIpc) is 1.65. The molecule has 0 spiro atoms. The molecule has 0 atom stereocenters. The van der Waals surface area contributed by atoms with Gasteiger partial charge in [0.05, 0.1) is 5.97 Å². The topological polar surface area (TPSA) is 40.1 Å². The molecule has 0 radical (unpaired) electrons. The first-order valence-electron chi connectivity index (χ1n) is 2.53. The summed E-state index contributed by atoms with van der Waals surface area (Å²) in [5, 5.41) is 9.13. The maximum atomic E-state index is 9.21. The van der Waals surface area contributed by atoms with E-state index in [9.17, 15) is 9.90 Å². The van der Waals surface area contributed by atoms with Crippen LogP contribution in [0.5, 0.6) is 0 Å². The van der Waals surface area contributed by atoms with E-state index in [4.69, 9.17) is 0 Å². The molecule has 0 unspecified atom stereocenters. The standard InChI is InChI=1S/C4H9.C2H3BrO2.Zn/c1-4(2)3;3-1-2(4)5;/h1-3H3;1H2,(H,4,5);/q-1;;+2/p-1. The molecule has 0 amide bonds. The van der Waals surface area contributed by atoms with Gasteiger partial charge in [-0.2, -0.15) is 20.8 Å². The molecule has 0 N–H and O–H groups in total. The van der Waals surface area contributed by atoms with Gasteiger partial charge in [0.25, 0.3) is 0 Å². The van der Waals surface area contributed by atoms with E-state index in [1.165, 1.54) is 5.92 Å². The summed E-state index contributed by atoms with van der Waals surface area (Å²) in [5.74, 6) is 0.338. The molecule has 0 aliphatic heterocycles. The molecule has 0 heterocycles. The van der Waals surface area contributed by atoms with E-state index in [-0.39, 0.29) is 24.8 Å². The zero-order valence-electron chi connectivity index (χ0n) is 6.61. The quantitative estimate of drug-likeness (QED) is 0.396. The van der Waals surface area contributed by atoms with Gasteiger partial charge in [0.2, 0.25) is 0 Å². The van der Waals surface area contributed by atoms with Gasteiger partial charge >= 0.3 is 19.5 Å². The van der Waals surface area contributed by atoms with Crippen molar-refractivity contribution in [1.82, 2.24) is 0 Å². The van der Waals surface area contributed by atoms with Crippen molar-refractivity contribution in [3.63, 3.8) is 0 Å². The minimum absolute atomic E-state index is 0. The maximum Gasteiger partial charge on any atom is 2.00 e. The number of hydrogen-bond donors (Lipinski definition) is 0. The molecule has 4 heteroatoms. The Morgan fingerprint density at radius 3 is 1.60 bits per heavy atom. The monoisotopic (exact) mass is 258 g/mol. The molecule has 0 bridgehead atoms. The number of carbonyl (C=O) groups is 1. The Kier molecular flexibility index (Phi) is 20.7. The smallest absolute Gasteiger partial charge is 0.549 e. The summed E-state index contributed by atoms with van der Waals surface area (Å²) in [6.45, 7) is 6.25. The third kappa shape index (κ3) is 74.3. The summed E-state index contributed by atoms with van der Waals surface area (Å²) < 4.78 is 0. The summed E-state index contributed by atoms with van der Waals surface area (Å²) in [6, 6.07) is 0. The van der Waals surface area contributed by atoms with E-state index in [2.05, 4.69) is 36.7 Å². The Balaban J connectivity index is -0.0000000910. The Bertz CT molecular complexity index is 73.4. The molecule has 0 fully saturated rings. The van der Waals surface area contributed by atoms with E-state index in [0.717, 1.165) is 0 Å². The number of carboxylic acids is 1. The van der Waals surface area contributed by atoms with Crippen molar-refractivity contribution in [2.75, 3.05) is 5.33 Å². The van der Waals surface area contributed by atoms with Gasteiger partial charge in [-0.3, -0.25) is 0 Å². The molecule has 0 saturated carbocycles. The van der Waals surface area contributed by atoms with Gasteiger partial charge in [0, 0.05) is 5.33 Å². The third-order valence-electron chi connectivity index (χ3n) is 0.109. The van der Waals surface area contributed by atoms with Crippen molar-refractivity contribution in [2.45, 2.75) is 20.8 Å². The summed E-state index contributed by atoms with van der Waals surface area (Å²) >= 11 is 2.65. The Morgan fingerprint density at radius 1 is 1.50 bits per heavy atom. The number of hydrogen-bond acceptors (Lipinski definition) is 2. The molecule has 0 aromatic rings. The Labute approximate surface area is 83.3 Å². The number of halogens is 1. The fourth-order valence-corrected chi connectivity index (χ4v) is 0. The maximum absolute atomic E-state index is 9.21. The predicted octanol–water partition coefficient (Wildman–Crippen LogP) is 0.749. The summed E-state index contributed by atoms with van der Waals surface area (Å²) in [6.07, 6.45) is 0. The number of carboxylic acid groups (broad SMARTS) is 1. The van der Waals surface area contributed by atoms with Gasteiger partial charge < -0.3 is 15.8 Å². The van der Waals surface area contributed by atoms with E-state index in [1.54, 1.807) is 0 Å². The van der Waals surface area contributed by atoms with Gasteiger partial charge in [0.1, 0.15) is 0 Å². The van der Waals surface area contributed by atoms with Crippen LogP contribution in [-0.4, -0.2) is 11.3 Å². The van der Waals surface area contributed by atoms with Crippen LogP contribution in [0.4, 0.5) is 0 Å². The first-order chi connectivity index (χ1) is 4.00. The second kappa shape index (κ2) is 12.3. The van der Waals surface area contributed by atoms with Gasteiger partial charge in [0.15, 0.2) is 0 Å². The van der Waals surface area contributed by atoms with E-state index in [1.807, 2.05) is 0 Å². The average molecular weight is 260 g/mol.